The number of rotatable bonds is 4. The molecule has 4 aliphatic rings. The number of halogens is 1. The first-order valence-electron chi connectivity index (χ1n) is 13.2. The van der Waals surface area contributed by atoms with Crippen LogP contribution in [0.15, 0.2) is 6.07 Å². The number of likely N-dealkylation sites (N-methyl/N-ethyl adjacent to an activating group) is 1. The van der Waals surface area contributed by atoms with Gasteiger partial charge in [-0.15, -0.1) is 0 Å². The van der Waals surface area contributed by atoms with E-state index in [2.05, 4.69) is 10.6 Å². The van der Waals surface area contributed by atoms with Crippen LogP contribution in [-0.2, 0) is 30.4 Å². The lowest BCUT2D eigenvalue weighted by Gasteiger charge is -2.52. The molecule has 13 heteroatoms. The molecule has 40 heavy (non-hydrogen) atoms. The third-order valence-corrected chi connectivity index (χ3v) is 8.89. The van der Waals surface area contributed by atoms with E-state index < -0.39 is 93.4 Å². The number of carbonyl (C=O) groups is 6. The van der Waals surface area contributed by atoms with Crippen LogP contribution in [0.5, 0.6) is 5.75 Å². The Labute approximate surface area is 228 Å². The minimum absolute atomic E-state index is 0.166. The van der Waals surface area contributed by atoms with Crippen molar-refractivity contribution in [1.29, 1.82) is 0 Å². The zero-order valence-electron chi connectivity index (χ0n) is 22.0. The fraction of sp³-hybridized carbons (Fsp3) is 0.556. The third kappa shape index (κ3) is 3.98. The maximum atomic E-state index is 15.4. The Balaban J connectivity index is 1.55. The first-order chi connectivity index (χ1) is 18.8. The average molecular weight is 559 g/mol. The van der Waals surface area contributed by atoms with Gasteiger partial charge in [-0.05, 0) is 52.2 Å². The molecule has 3 fully saturated rings. The van der Waals surface area contributed by atoms with Gasteiger partial charge in [0.1, 0.15) is 11.6 Å². The molecule has 0 aromatic heterocycles. The van der Waals surface area contributed by atoms with Crippen LogP contribution in [0.4, 0.5) is 10.1 Å². The summed E-state index contributed by atoms with van der Waals surface area (Å²) in [5, 5.41) is 28.1. The first-order valence-corrected chi connectivity index (χ1v) is 13.2. The van der Waals surface area contributed by atoms with E-state index in [0.29, 0.717) is 13.0 Å². The van der Waals surface area contributed by atoms with E-state index >= 15 is 4.39 Å². The number of primary amides is 1. The van der Waals surface area contributed by atoms with E-state index in [9.17, 15) is 39.0 Å². The molecule has 0 radical (unpaired) electrons. The van der Waals surface area contributed by atoms with Gasteiger partial charge in [0, 0.05) is 17.5 Å². The van der Waals surface area contributed by atoms with Crippen LogP contribution in [-0.4, -0.2) is 88.4 Å². The van der Waals surface area contributed by atoms with Crippen molar-refractivity contribution in [3.05, 3.63) is 23.0 Å². The van der Waals surface area contributed by atoms with Crippen molar-refractivity contribution in [2.45, 2.75) is 49.8 Å². The lowest BCUT2D eigenvalue weighted by atomic mass is 9.52. The average Bonchev–Trinajstić information content (AvgIpc) is 2.89. The highest BCUT2D eigenvalue weighted by Crippen LogP contribution is 2.51. The predicted octanol–water partition coefficient (Wildman–Crippen LogP) is -0.913. The Morgan fingerprint density at radius 2 is 1.88 bits per heavy atom. The molecule has 12 nitrogen and oxygen atoms in total. The Morgan fingerprint density at radius 1 is 1.18 bits per heavy atom. The van der Waals surface area contributed by atoms with Crippen molar-refractivity contribution in [2.75, 3.05) is 26.0 Å². The fourth-order valence-corrected chi connectivity index (χ4v) is 7.02. The highest BCUT2D eigenvalue weighted by Gasteiger charge is 2.69. The summed E-state index contributed by atoms with van der Waals surface area (Å²) < 4.78 is 15.4. The molecule has 1 heterocycles. The fourth-order valence-electron chi connectivity index (χ4n) is 7.02. The molecular formula is C27H31FN4O8. The molecule has 3 aliphatic carbocycles. The van der Waals surface area contributed by atoms with E-state index in [0.717, 1.165) is 18.9 Å². The first kappa shape index (κ1) is 28.0. The molecule has 1 saturated heterocycles. The second-order valence-corrected chi connectivity index (χ2v) is 11.4. The van der Waals surface area contributed by atoms with E-state index in [1.807, 2.05) is 0 Å². The third-order valence-electron chi connectivity index (χ3n) is 8.89. The zero-order valence-corrected chi connectivity index (χ0v) is 22.0. The normalized spacial score (nSPS) is 33.7. The van der Waals surface area contributed by atoms with E-state index in [4.69, 9.17) is 5.73 Å². The van der Waals surface area contributed by atoms with Crippen LogP contribution >= 0.6 is 0 Å². The van der Waals surface area contributed by atoms with Crippen molar-refractivity contribution in [3.63, 3.8) is 0 Å². The van der Waals surface area contributed by atoms with Crippen LogP contribution in [0.25, 0.3) is 0 Å². The Kier molecular flexibility index (Phi) is 6.87. The smallest absolute Gasteiger partial charge is 0.241 e. The number of phenols is 1. The number of Topliss-reactive ketones (excluding diaryl/α,β-unsaturated/α-hetero) is 4. The lowest BCUT2D eigenvalue weighted by molar-refractivity contribution is -0.181. The van der Waals surface area contributed by atoms with Gasteiger partial charge in [-0.1, -0.05) is 6.42 Å². The molecule has 1 aromatic rings. The molecule has 0 bridgehead atoms. The van der Waals surface area contributed by atoms with Gasteiger partial charge in [0.05, 0.1) is 29.3 Å². The summed E-state index contributed by atoms with van der Waals surface area (Å²) in [5.74, 6) is -13.9. The quantitative estimate of drug-likeness (QED) is 0.228. The number of aromatic hydroxyl groups is 1. The van der Waals surface area contributed by atoms with Gasteiger partial charge in [0.15, 0.2) is 34.7 Å². The van der Waals surface area contributed by atoms with E-state index in [-0.39, 0.29) is 24.1 Å². The summed E-state index contributed by atoms with van der Waals surface area (Å²) in [6.07, 6.45) is 1.85. The monoisotopic (exact) mass is 558 g/mol. The molecule has 2 unspecified atom stereocenters. The van der Waals surface area contributed by atoms with Gasteiger partial charge < -0.3 is 26.6 Å². The lowest BCUT2D eigenvalue weighted by Crippen LogP contribution is -2.74. The molecule has 5 rings (SSSR count). The van der Waals surface area contributed by atoms with Crippen molar-refractivity contribution in [2.24, 2.45) is 29.4 Å². The van der Waals surface area contributed by atoms with Gasteiger partial charge in [-0.25, -0.2) is 4.39 Å². The molecule has 1 aromatic carbocycles. The molecular weight excluding hydrogens is 527 g/mol. The Hall–Kier alpha value is -3.55. The molecule has 2 saturated carbocycles. The summed E-state index contributed by atoms with van der Waals surface area (Å²) in [5.41, 5.74) is 1.40. The standard InChI is InChI=1S/C27H31FN4O8/c1-32(2)19-12-8-10-7-11-13(28)9-15(31-26(39)14-5-3-4-6-30-14)20(33)17(11)21(34)16(10)23(36)27(12,40)24(37)18(22(19)35)25(29)38/h9-10,12,14,16,18-19,30,33,40H,3-8H2,1-2H3,(H2,29,38)(H,31,39)/t10-,12-,14-,16?,18?,19-,27-/m0/s1. The minimum Gasteiger partial charge on any atom is -0.505 e. The van der Waals surface area contributed by atoms with Gasteiger partial charge in [-0.3, -0.25) is 33.7 Å². The summed E-state index contributed by atoms with van der Waals surface area (Å²) >= 11 is 0. The van der Waals surface area contributed by atoms with Crippen LogP contribution in [0.3, 0.4) is 0 Å². The summed E-state index contributed by atoms with van der Waals surface area (Å²) in [4.78, 5) is 80.1. The van der Waals surface area contributed by atoms with Gasteiger partial charge in [0.25, 0.3) is 0 Å². The number of benzene rings is 1. The molecule has 1 aliphatic heterocycles. The maximum Gasteiger partial charge on any atom is 0.241 e. The summed E-state index contributed by atoms with van der Waals surface area (Å²) in [7, 11) is 2.95. The maximum absolute atomic E-state index is 15.4. The molecule has 7 atom stereocenters. The zero-order chi connectivity index (χ0) is 29.3. The van der Waals surface area contributed by atoms with Crippen molar-refractivity contribution in [3.8, 4) is 5.75 Å². The van der Waals surface area contributed by atoms with Gasteiger partial charge in [-0.2, -0.15) is 0 Å². The predicted molar refractivity (Wildman–Crippen MR) is 136 cm³/mol. The number of ketones is 4. The topological polar surface area (TPSA) is 196 Å². The second kappa shape index (κ2) is 9.82. The molecule has 0 spiro atoms. The van der Waals surface area contributed by atoms with Crippen LogP contribution in [0.2, 0.25) is 0 Å². The number of carbonyl (C=O) groups excluding carboxylic acids is 6. The Morgan fingerprint density at radius 3 is 2.48 bits per heavy atom. The number of amides is 2. The largest absolute Gasteiger partial charge is 0.505 e. The number of phenolic OH excluding ortho intramolecular Hbond substituents is 1. The van der Waals surface area contributed by atoms with Crippen molar-refractivity contribution < 1.29 is 43.4 Å². The number of nitrogens with zero attached hydrogens (tertiary/aromatic N) is 1. The number of hydrogen-bond acceptors (Lipinski definition) is 10. The number of nitrogens with one attached hydrogen (secondary N) is 2. The molecule has 2 amide bonds. The van der Waals surface area contributed by atoms with Crippen LogP contribution in [0, 0.1) is 29.5 Å². The van der Waals surface area contributed by atoms with Crippen molar-refractivity contribution in [1.82, 2.24) is 10.2 Å². The number of nitrogens with two attached hydrogens (primary N) is 1. The number of piperidine rings is 1. The van der Waals surface area contributed by atoms with E-state index in [1.165, 1.54) is 19.0 Å². The highest BCUT2D eigenvalue weighted by molar-refractivity contribution is 6.32. The number of anilines is 1. The number of hydrogen-bond donors (Lipinski definition) is 5. The van der Waals surface area contributed by atoms with Crippen LogP contribution < -0.4 is 16.4 Å². The van der Waals surface area contributed by atoms with E-state index in [1.54, 1.807) is 0 Å². The highest BCUT2D eigenvalue weighted by atomic mass is 19.1. The minimum atomic E-state index is -2.87. The Bertz CT molecular complexity index is 1360. The summed E-state index contributed by atoms with van der Waals surface area (Å²) in [6.45, 7) is 0.617. The van der Waals surface area contributed by atoms with Crippen molar-refractivity contribution >= 4 is 40.6 Å². The number of aliphatic hydroxyl groups is 1. The summed E-state index contributed by atoms with van der Waals surface area (Å²) in [6, 6.07) is -0.899. The molecule has 6 N–H and O–H groups in total. The van der Waals surface area contributed by atoms with Gasteiger partial charge in [0.2, 0.25) is 11.8 Å². The van der Waals surface area contributed by atoms with Crippen LogP contribution in [0.1, 0.15) is 41.6 Å². The number of fused-ring (bicyclic) bond motifs is 3. The second-order valence-electron chi connectivity index (χ2n) is 11.4. The SMILES string of the molecule is CN(C)[C@@H]1C(=O)C(C(N)=O)C(=O)[C@@]2(O)C(=O)C3C(=O)c4c(O)c(NC(=O)[C@@H]5CCCCN5)cc(F)c4C[C@H]3C[C@@H]12. The van der Waals surface area contributed by atoms with Gasteiger partial charge >= 0.3 is 0 Å². The molecule has 214 valence electrons.